The molecule has 8 nitrogen and oxygen atoms in total. The van der Waals surface area contributed by atoms with Gasteiger partial charge >= 0.3 is 0 Å². The summed E-state index contributed by atoms with van der Waals surface area (Å²) in [6.45, 7) is 8.17. The number of hydrogen-bond donors (Lipinski definition) is 3. The topological polar surface area (TPSA) is 108 Å². The number of hydrogen-bond acceptors (Lipinski definition) is 6. The van der Waals surface area contributed by atoms with Crippen LogP contribution < -0.4 is 5.32 Å². The van der Waals surface area contributed by atoms with Crippen LogP contribution in [-0.2, 0) is 9.47 Å². The van der Waals surface area contributed by atoms with E-state index in [1.165, 1.54) is 0 Å². The van der Waals surface area contributed by atoms with Crippen LogP contribution >= 0.6 is 0 Å². The summed E-state index contributed by atoms with van der Waals surface area (Å²) in [6.07, 6.45) is 1.42. The molecule has 1 saturated heterocycles. The smallest absolute Gasteiger partial charge is 0.253 e. The quantitative estimate of drug-likeness (QED) is 0.424. The zero-order valence-corrected chi connectivity index (χ0v) is 19.5. The van der Waals surface area contributed by atoms with Gasteiger partial charge in [0.1, 0.15) is 6.10 Å². The second-order valence-corrected chi connectivity index (χ2v) is 8.40. The van der Waals surface area contributed by atoms with Crippen LogP contribution in [0.5, 0.6) is 0 Å². The van der Waals surface area contributed by atoms with Crippen LogP contribution in [-0.4, -0.2) is 84.7 Å². The van der Waals surface area contributed by atoms with E-state index in [9.17, 15) is 19.8 Å². The average molecular weight is 451 g/mol. The first kappa shape index (κ1) is 26.3. The number of ether oxygens (including phenoxy) is 2. The number of amides is 2. The molecule has 0 spiro atoms. The van der Waals surface area contributed by atoms with Crippen molar-refractivity contribution >= 4 is 11.8 Å². The van der Waals surface area contributed by atoms with Gasteiger partial charge in [0.25, 0.3) is 11.8 Å². The second-order valence-electron chi connectivity index (χ2n) is 8.40. The molecule has 0 radical (unpaired) electrons. The van der Waals surface area contributed by atoms with Gasteiger partial charge in [-0.25, -0.2) is 0 Å². The van der Waals surface area contributed by atoms with Crippen molar-refractivity contribution in [1.29, 1.82) is 0 Å². The highest BCUT2D eigenvalue weighted by molar-refractivity contribution is 6.00. The number of benzene rings is 1. The van der Waals surface area contributed by atoms with E-state index in [0.29, 0.717) is 30.8 Å². The van der Waals surface area contributed by atoms with Crippen molar-refractivity contribution < 1.29 is 29.3 Å². The number of nitrogens with one attached hydrogen (secondary N) is 1. The Morgan fingerprint density at radius 1 is 1.16 bits per heavy atom. The molecule has 32 heavy (non-hydrogen) atoms. The van der Waals surface area contributed by atoms with Crippen molar-refractivity contribution in [2.75, 3.05) is 39.5 Å². The van der Waals surface area contributed by atoms with Crippen LogP contribution in [0, 0.1) is 6.92 Å². The fourth-order valence-electron chi connectivity index (χ4n) is 3.72. The minimum absolute atomic E-state index is 0.0370. The number of aryl methyl sites for hydroxylation is 1. The molecule has 180 valence electrons. The van der Waals surface area contributed by atoms with Crippen LogP contribution in [0.25, 0.3) is 0 Å². The molecule has 2 rings (SSSR count). The van der Waals surface area contributed by atoms with E-state index < -0.39 is 18.1 Å². The minimum Gasteiger partial charge on any atom is -0.388 e. The summed E-state index contributed by atoms with van der Waals surface area (Å²) in [4.78, 5) is 27.3. The standard InChI is InChI=1S/C24H38N2O6/c1-4-8-26(9-5-2)24(30)19-12-17(3)11-18(13-19)23(29)25-14-21(27)22(28)16-31-15-20-7-6-10-32-20/h11-13,20-22,27-28H,4-10,14-16H2,1-3H3,(H,25,29). The number of carbonyl (C=O) groups is 2. The molecule has 1 aliphatic rings. The highest BCUT2D eigenvalue weighted by Gasteiger charge is 2.21. The summed E-state index contributed by atoms with van der Waals surface area (Å²) < 4.78 is 10.9. The lowest BCUT2D eigenvalue weighted by Crippen LogP contribution is -2.41. The summed E-state index contributed by atoms with van der Waals surface area (Å²) in [5.41, 5.74) is 1.62. The van der Waals surface area contributed by atoms with E-state index in [1.807, 2.05) is 20.8 Å². The molecule has 3 N–H and O–H groups in total. The highest BCUT2D eigenvalue weighted by atomic mass is 16.5. The summed E-state index contributed by atoms with van der Waals surface area (Å²) >= 11 is 0. The molecular formula is C24H38N2O6. The lowest BCUT2D eigenvalue weighted by Gasteiger charge is -2.22. The summed E-state index contributed by atoms with van der Waals surface area (Å²) in [5.74, 6) is -0.503. The molecule has 0 aliphatic carbocycles. The van der Waals surface area contributed by atoms with E-state index in [2.05, 4.69) is 5.32 Å². The van der Waals surface area contributed by atoms with Crippen LogP contribution in [0.4, 0.5) is 0 Å². The molecule has 3 unspecified atom stereocenters. The normalized spacial score (nSPS) is 17.7. The maximum atomic E-state index is 12.9. The van der Waals surface area contributed by atoms with Crippen molar-refractivity contribution in [1.82, 2.24) is 10.2 Å². The Balaban J connectivity index is 1.89. The summed E-state index contributed by atoms with van der Waals surface area (Å²) in [6, 6.07) is 5.06. The fraction of sp³-hybridized carbons (Fsp3) is 0.667. The van der Waals surface area contributed by atoms with Gasteiger partial charge in [0.05, 0.1) is 25.4 Å². The van der Waals surface area contributed by atoms with Crippen LogP contribution in [0.3, 0.4) is 0 Å². The van der Waals surface area contributed by atoms with Gasteiger partial charge in [-0.15, -0.1) is 0 Å². The molecule has 8 heteroatoms. The van der Waals surface area contributed by atoms with E-state index >= 15 is 0 Å². The molecule has 1 aromatic carbocycles. The second kappa shape index (κ2) is 13.5. The molecule has 0 saturated carbocycles. The van der Waals surface area contributed by atoms with Gasteiger partial charge in [-0.1, -0.05) is 13.8 Å². The van der Waals surface area contributed by atoms with Gasteiger partial charge in [-0.2, -0.15) is 0 Å². The van der Waals surface area contributed by atoms with E-state index in [4.69, 9.17) is 9.47 Å². The van der Waals surface area contributed by atoms with Gasteiger partial charge < -0.3 is 29.9 Å². The Labute approximate surface area is 190 Å². The Morgan fingerprint density at radius 3 is 2.47 bits per heavy atom. The third kappa shape index (κ3) is 8.16. The number of aliphatic hydroxyl groups is 2. The maximum Gasteiger partial charge on any atom is 0.253 e. The Morgan fingerprint density at radius 2 is 1.84 bits per heavy atom. The molecular weight excluding hydrogens is 412 g/mol. The largest absolute Gasteiger partial charge is 0.388 e. The van der Waals surface area contributed by atoms with Crippen molar-refractivity contribution in [2.24, 2.45) is 0 Å². The molecule has 3 atom stereocenters. The number of aliphatic hydroxyl groups excluding tert-OH is 2. The number of rotatable bonds is 13. The van der Waals surface area contributed by atoms with E-state index in [1.54, 1.807) is 23.1 Å². The Kier molecular flexibility index (Phi) is 11.1. The molecule has 1 fully saturated rings. The zero-order valence-electron chi connectivity index (χ0n) is 19.5. The monoisotopic (exact) mass is 450 g/mol. The molecule has 0 aromatic heterocycles. The van der Waals surface area contributed by atoms with Crippen molar-refractivity contribution in [2.45, 2.75) is 64.8 Å². The maximum absolute atomic E-state index is 12.9. The van der Waals surface area contributed by atoms with Gasteiger partial charge in [0.15, 0.2) is 0 Å². The predicted octanol–water partition coefficient (Wildman–Crippen LogP) is 1.90. The van der Waals surface area contributed by atoms with E-state index in [0.717, 1.165) is 37.9 Å². The first-order valence-corrected chi connectivity index (χ1v) is 11.6. The van der Waals surface area contributed by atoms with Gasteiger partial charge in [0, 0.05) is 37.4 Å². The first-order chi connectivity index (χ1) is 15.3. The zero-order chi connectivity index (χ0) is 23.5. The van der Waals surface area contributed by atoms with E-state index in [-0.39, 0.29) is 25.2 Å². The third-order valence-corrected chi connectivity index (χ3v) is 5.39. The molecule has 0 bridgehead atoms. The van der Waals surface area contributed by atoms with Crippen molar-refractivity contribution in [3.05, 3.63) is 34.9 Å². The third-order valence-electron chi connectivity index (χ3n) is 5.39. The lowest BCUT2D eigenvalue weighted by molar-refractivity contribution is -0.0567. The fourth-order valence-corrected chi connectivity index (χ4v) is 3.72. The number of carbonyl (C=O) groups excluding carboxylic acids is 2. The lowest BCUT2D eigenvalue weighted by atomic mass is 10.0. The average Bonchev–Trinajstić information content (AvgIpc) is 3.29. The molecule has 2 amide bonds. The van der Waals surface area contributed by atoms with Crippen molar-refractivity contribution in [3.63, 3.8) is 0 Å². The summed E-state index contributed by atoms with van der Waals surface area (Å²) in [7, 11) is 0. The Bertz CT molecular complexity index is 729. The van der Waals surface area contributed by atoms with Gasteiger partial charge in [0.2, 0.25) is 0 Å². The SMILES string of the molecule is CCCN(CCC)C(=O)c1cc(C)cc(C(=O)NCC(O)C(O)COCC2CCCO2)c1. The van der Waals surface area contributed by atoms with Crippen LogP contribution in [0.15, 0.2) is 18.2 Å². The highest BCUT2D eigenvalue weighted by Crippen LogP contribution is 2.14. The number of nitrogens with zero attached hydrogens (tertiary/aromatic N) is 1. The Hall–Kier alpha value is -2.00. The minimum atomic E-state index is -1.17. The molecule has 1 aliphatic heterocycles. The van der Waals surface area contributed by atoms with Crippen molar-refractivity contribution in [3.8, 4) is 0 Å². The molecule has 1 heterocycles. The van der Waals surface area contributed by atoms with Crippen LogP contribution in [0.1, 0.15) is 65.8 Å². The van der Waals surface area contributed by atoms with Gasteiger partial charge in [-0.3, -0.25) is 9.59 Å². The predicted molar refractivity (Wildman–Crippen MR) is 122 cm³/mol. The van der Waals surface area contributed by atoms with Gasteiger partial charge in [-0.05, 0) is 56.4 Å². The first-order valence-electron chi connectivity index (χ1n) is 11.6. The van der Waals surface area contributed by atoms with Crippen LogP contribution in [0.2, 0.25) is 0 Å². The summed E-state index contributed by atoms with van der Waals surface area (Å²) in [5, 5.41) is 22.9. The molecule has 1 aromatic rings.